The number of hydrogen-bond donors (Lipinski definition) is 2. The van der Waals surface area contributed by atoms with Crippen molar-refractivity contribution in [3.63, 3.8) is 0 Å². The number of rotatable bonds is 2. The van der Waals surface area contributed by atoms with E-state index < -0.39 is 0 Å². The number of aromatic amines is 1. The van der Waals surface area contributed by atoms with E-state index in [2.05, 4.69) is 26.2 Å². The summed E-state index contributed by atoms with van der Waals surface area (Å²) in [4.78, 5) is 26.7. The van der Waals surface area contributed by atoms with Crippen LogP contribution in [-0.2, 0) is 0 Å². The predicted octanol–water partition coefficient (Wildman–Crippen LogP) is 4.50. The van der Waals surface area contributed by atoms with Gasteiger partial charge in [0.1, 0.15) is 0 Å². The van der Waals surface area contributed by atoms with Crippen LogP contribution in [0.25, 0.3) is 10.9 Å². The summed E-state index contributed by atoms with van der Waals surface area (Å²) in [5.74, 6) is -0.314. The number of aromatic nitrogens is 1. The Labute approximate surface area is 145 Å². The molecule has 0 aliphatic heterocycles. The molecule has 3 rings (SSSR count). The quantitative estimate of drug-likeness (QED) is 0.675. The van der Waals surface area contributed by atoms with E-state index in [-0.39, 0.29) is 11.5 Å². The molecule has 0 aliphatic rings. The van der Waals surface area contributed by atoms with Gasteiger partial charge >= 0.3 is 0 Å². The van der Waals surface area contributed by atoms with Crippen molar-refractivity contribution >= 4 is 50.0 Å². The Morgan fingerprint density at radius 1 is 1.17 bits per heavy atom. The van der Waals surface area contributed by atoms with Gasteiger partial charge in [0, 0.05) is 21.6 Å². The van der Waals surface area contributed by atoms with E-state index in [9.17, 15) is 9.59 Å². The molecule has 3 aromatic rings. The van der Waals surface area contributed by atoms with Gasteiger partial charge < -0.3 is 10.3 Å². The minimum atomic E-state index is -0.314. The molecule has 0 unspecified atom stereocenters. The van der Waals surface area contributed by atoms with Crippen molar-refractivity contribution in [2.24, 2.45) is 0 Å². The SMILES string of the molecule is Cc1cc(=O)[nH]c2cc(NC(=O)c3cc(Br)ccc3Cl)ccc12. The van der Waals surface area contributed by atoms with Gasteiger partial charge in [0.15, 0.2) is 0 Å². The number of halogens is 2. The van der Waals surface area contributed by atoms with Crippen molar-refractivity contribution in [1.29, 1.82) is 0 Å². The third-order valence-corrected chi connectivity index (χ3v) is 4.30. The molecule has 0 saturated heterocycles. The summed E-state index contributed by atoms with van der Waals surface area (Å²) in [5, 5.41) is 4.10. The monoisotopic (exact) mass is 390 g/mol. The zero-order valence-electron chi connectivity index (χ0n) is 12.1. The summed E-state index contributed by atoms with van der Waals surface area (Å²) >= 11 is 9.38. The summed E-state index contributed by atoms with van der Waals surface area (Å²) in [6.45, 7) is 1.87. The number of H-pyrrole nitrogens is 1. The molecule has 0 aliphatic carbocycles. The molecule has 0 saturated carbocycles. The lowest BCUT2D eigenvalue weighted by molar-refractivity contribution is 0.102. The van der Waals surface area contributed by atoms with Crippen LogP contribution in [0.2, 0.25) is 5.02 Å². The fourth-order valence-corrected chi connectivity index (χ4v) is 2.95. The molecule has 0 spiro atoms. The molecule has 23 heavy (non-hydrogen) atoms. The molecular weight excluding hydrogens is 380 g/mol. The number of aryl methyl sites for hydroxylation is 1. The molecule has 0 atom stereocenters. The van der Waals surface area contributed by atoms with Gasteiger partial charge in [-0.25, -0.2) is 0 Å². The van der Waals surface area contributed by atoms with E-state index >= 15 is 0 Å². The second kappa shape index (κ2) is 6.18. The van der Waals surface area contributed by atoms with Gasteiger partial charge in [0.25, 0.3) is 5.91 Å². The second-order valence-electron chi connectivity index (χ2n) is 5.16. The van der Waals surface area contributed by atoms with Crippen LogP contribution in [0.15, 0.2) is 51.7 Å². The molecule has 4 nitrogen and oxygen atoms in total. The average molecular weight is 392 g/mol. The summed E-state index contributed by atoms with van der Waals surface area (Å²) in [7, 11) is 0. The number of amides is 1. The Morgan fingerprint density at radius 3 is 2.74 bits per heavy atom. The van der Waals surface area contributed by atoms with E-state index in [1.165, 1.54) is 0 Å². The summed E-state index contributed by atoms with van der Waals surface area (Å²) < 4.78 is 0.769. The maximum absolute atomic E-state index is 12.4. The molecule has 0 radical (unpaired) electrons. The van der Waals surface area contributed by atoms with Crippen LogP contribution in [0.4, 0.5) is 5.69 Å². The third-order valence-electron chi connectivity index (χ3n) is 3.48. The molecule has 0 fully saturated rings. The van der Waals surface area contributed by atoms with Gasteiger partial charge in [0.05, 0.1) is 16.1 Å². The van der Waals surface area contributed by atoms with Crippen LogP contribution in [0.1, 0.15) is 15.9 Å². The first-order valence-corrected chi connectivity index (χ1v) is 8.01. The van der Waals surface area contributed by atoms with E-state index in [1.54, 1.807) is 36.4 Å². The van der Waals surface area contributed by atoms with Crippen LogP contribution in [0.5, 0.6) is 0 Å². The lowest BCUT2D eigenvalue weighted by atomic mass is 10.1. The molecule has 6 heteroatoms. The smallest absolute Gasteiger partial charge is 0.257 e. The standard InChI is InChI=1S/C17H12BrClN2O2/c1-9-6-16(22)21-15-8-11(3-4-12(9)15)20-17(23)13-7-10(18)2-5-14(13)19/h2-8H,1H3,(H,20,23)(H,21,22). The second-order valence-corrected chi connectivity index (χ2v) is 6.48. The van der Waals surface area contributed by atoms with Gasteiger partial charge in [-0.1, -0.05) is 33.6 Å². The fraction of sp³-hybridized carbons (Fsp3) is 0.0588. The van der Waals surface area contributed by atoms with Crippen molar-refractivity contribution < 1.29 is 4.79 Å². The first-order chi connectivity index (χ1) is 10.9. The van der Waals surface area contributed by atoms with E-state index in [0.717, 1.165) is 15.4 Å². The van der Waals surface area contributed by atoms with E-state index in [0.29, 0.717) is 21.8 Å². The van der Waals surface area contributed by atoms with Gasteiger partial charge in [-0.3, -0.25) is 9.59 Å². The summed E-state index contributed by atoms with van der Waals surface area (Å²) in [5.41, 5.74) is 2.34. The number of fused-ring (bicyclic) bond motifs is 1. The topological polar surface area (TPSA) is 62.0 Å². The molecule has 1 heterocycles. The van der Waals surface area contributed by atoms with Crippen molar-refractivity contribution in [2.75, 3.05) is 5.32 Å². The minimum absolute atomic E-state index is 0.173. The number of carbonyl (C=O) groups excluding carboxylic acids is 1. The summed E-state index contributed by atoms with van der Waals surface area (Å²) in [6, 6.07) is 12.0. The molecule has 1 amide bonds. The lowest BCUT2D eigenvalue weighted by Gasteiger charge is -2.09. The van der Waals surface area contributed by atoms with Gasteiger partial charge in [0.2, 0.25) is 5.56 Å². The maximum atomic E-state index is 12.4. The molecule has 0 bridgehead atoms. The zero-order chi connectivity index (χ0) is 16.6. The summed E-state index contributed by atoms with van der Waals surface area (Å²) in [6.07, 6.45) is 0. The van der Waals surface area contributed by atoms with Gasteiger partial charge in [-0.05, 0) is 42.8 Å². The third kappa shape index (κ3) is 3.30. The minimum Gasteiger partial charge on any atom is -0.322 e. The normalized spacial score (nSPS) is 10.7. The Bertz CT molecular complexity index is 982. The van der Waals surface area contributed by atoms with Crippen LogP contribution >= 0.6 is 27.5 Å². The van der Waals surface area contributed by atoms with E-state index in [4.69, 9.17) is 11.6 Å². The highest BCUT2D eigenvalue weighted by molar-refractivity contribution is 9.10. The van der Waals surface area contributed by atoms with Gasteiger partial charge in [-0.15, -0.1) is 0 Å². The van der Waals surface area contributed by atoms with Crippen molar-refractivity contribution in [2.45, 2.75) is 6.92 Å². The number of pyridine rings is 1. The fourth-order valence-electron chi connectivity index (χ4n) is 2.38. The average Bonchev–Trinajstić information content (AvgIpc) is 2.49. The highest BCUT2D eigenvalue weighted by Gasteiger charge is 2.12. The number of anilines is 1. The highest BCUT2D eigenvalue weighted by atomic mass is 79.9. The van der Waals surface area contributed by atoms with Crippen molar-refractivity contribution in [3.8, 4) is 0 Å². The number of carbonyl (C=O) groups is 1. The number of benzene rings is 2. The van der Waals surface area contributed by atoms with Crippen molar-refractivity contribution in [3.05, 3.63) is 73.4 Å². The molecule has 2 N–H and O–H groups in total. The van der Waals surface area contributed by atoms with Crippen LogP contribution < -0.4 is 10.9 Å². The van der Waals surface area contributed by atoms with Crippen LogP contribution in [0.3, 0.4) is 0 Å². The predicted molar refractivity (Wildman–Crippen MR) is 96.4 cm³/mol. The van der Waals surface area contributed by atoms with Gasteiger partial charge in [-0.2, -0.15) is 0 Å². The lowest BCUT2D eigenvalue weighted by Crippen LogP contribution is -2.13. The first-order valence-electron chi connectivity index (χ1n) is 6.84. The molecule has 2 aromatic carbocycles. The van der Waals surface area contributed by atoms with Crippen molar-refractivity contribution in [1.82, 2.24) is 4.98 Å². The molecule has 1 aromatic heterocycles. The largest absolute Gasteiger partial charge is 0.322 e. The maximum Gasteiger partial charge on any atom is 0.257 e. The number of hydrogen-bond acceptors (Lipinski definition) is 2. The van der Waals surface area contributed by atoms with E-state index in [1.807, 2.05) is 13.0 Å². The molecule has 116 valence electrons. The first kappa shape index (κ1) is 15.8. The Balaban J connectivity index is 1.96. The Hall–Kier alpha value is -2.11. The highest BCUT2D eigenvalue weighted by Crippen LogP contribution is 2.23. The Morgan fingerprint density at radius 2 is 1.96 bits per heavy atom. The zero-order valence-corrected chi connectivity index (χ0v) is 14.5. The van der Waals surface area contributed by atoms with Crippen LogP contribution in [-0.4, -0.2) is 10.9 Å². The molecular formula is C17H12BrClN2O2. The van der Waals surface area contributed by atoms with Crippen LogP contribution in [0, 0.1) is 6.92 Å². The number of nitrogens with one attached hydrogen (secondary N) is 2. The Kier molecular flexibility index (Phi) is 4.24.